The van der Waals surface area contributed by atoms with Crippen LogP contribution in [0.25, 0.3) is 0 Å². The molecule has 0 aliphatic carbocycles. The van der Waals surface area contributed by atoms with E-state index in [1.54, 1.807) is 12.4 Å². The van der Waals surface area contributed by atoms with E-state index in [1.165, 1.54) is 5.56 Å². The molecule has 1 amide bonds. The van der Waals surface area contributed by atoms with E-state index in [2.05, 4.69) is 53.4 Å². The summed E-state index contributed by atoms with van der Waals surface area (Å²) in [5, 5.41) is 6.35. The normalized spacial score (nSPS) is 11.6. The minimum absolute atomic E-state index is 0.115. The van der Waals surface area contributed by atoms with Gasteiger partial charge in [0.2, 0.25) is 0 Å². The monoisotopic (exact) mass is 388 g/mol. The summed E-state index contributed by atoms with van der Waals surface area (Å²) in [5.41, 5.74) is 4.42. The number of benzene rings is 2. The van der Waals surface area contributed by atoms with Gasteiger partial charge < -0.3 is 15.5 Å². The van der Waals surface area contributed by atoms with E-state index in [4.69, 9.17) is 0 Å². The summed E-state index contributed by atoms with van der Waals surface area (Å²) in [4.78, 5) is 19.1. The Kier molecular flexibility index (Phi) is 6.85. The molecule has 1 aromatic heterocycles. The predicted molar refractivity (Wildman–Crippen MR) is 121 cm³/mol. The number of nitrogens with zero attached hydrogens (tertiary/aromatic N) is 2. The molecule has 0 spiro atoms. The number of amides is 1. The number of hydrogen-bond acceptors (Lipinski definition) is 4. The van der Waals surface area contributed by atoms with Crippen LogP contribution in [0.15, 0.2) is 73.1 Å². The first-order valence-corrected chi connectivity index (χ1v) is 10.0. The molecule has 150 valence electrons. The summed E-state index contributed by atoms with van der Waals surface area (Å²) in [7, 11) is 0. The third kappa shape index (κ3) is 5.35. The third-order valence-corrected chi connectivity index (χ3v) is 4.94. The van der Waals surface area contributed by atoms with Gasteiger partial charge in [-0.3, -0.25) is 9.78 Å². The highest BCUT2D eigenvalue weighted by atomic mass is 16.1. The Bertz CT molecular complexity index is 921. The lowest BCUT2D eigenvalue weighted by Gasteiger charge is -2.21. The van der Waals surface area contributed by atoms with Crippen molar-refractivity contribution in [3.8, 4) is 0 Å². The molecule has 0 radical (unpaired) electrons. The topological polar surface area (TPSA) is 57.3 Å². The quantitative estimate of drug-likeness (QED) is 0.546. The Morgan fingerprint density at radius 1 is 0.966 bits per heavy atom. The molecule has 2 N–H and O–H groups in total. The number of aromatic nitrogens is 1. The lowest BCUT2D eigenvalue weighted by molar-refractivity contribution is 0.102. The summed E-state index contributed by atoms with van der Waals surface area (Å²) in [5.74, 6) is -0.177. The smallest absolute Gasteiger partial charge is 0.257 e. The average Bonchev–Trinajstić information content (AvgIpc) is 2.76. The van der Waals surface area contributed by atoms with E-state index in [0.717, 1.165) is 30.2 Å². The molecule has 1 atom stereocenters. The van der Waals surface area contributed by atoms with Crippen LogP contribution in [0.4, 0.5) is 17.1 Å². The Balaban J connectivity index is 1.66. The highest BCUT2D eigenvalue weighted by Crippen LogP contribution is 2.21. The third-order valence-electron chi connectivity index (χ3n) is 4.94. The molecule has 1 unspecified atom stereocenters. The summed E-state index contributed by atoms with van der Waals surface area (Å²) in [6.45, 7) is 8.25. The first-order valence-electron chi connectivity index (χ1n) is 10.0. The lowest BCUT2D eigenvalue weighted by atomic mass is 10.1. The van der Waals surface area contributed by atoms with Crippen LogP contribution in [0.3, 0.4) is 0 Å². The van der Waals surface area contributed by atoms with Crippen LogP contribution in [0.1, 0.15) is 42.7 Å². The number of anilines is 3. The van der Waals surface area contributed by atoms with Crippen molar-refractivity contribution < 1.29 is 4.79 Å². The molecule has 5 heteroatoms. The largest absolute Gasteiger partial charge is 0.377 e. The van der Waals surface area contributed by atoms with E-state index in [9.17, 15) is 4.79 Å². The van der Waals surface area contributed by atoms with E-state index in [1.807, 2.05) is 48.5 Å². The van der Waals surface area contributed by atoms with E-state index >= 15 is 0 Å². The van der Waals surface area contributed by atoms with Crippen molar-refractivity contribution in [3.63, 3.8) is 0 Å². The van der Waals surface area contributed by atoms with E-state index < -0.39 is 0 Å². The Morgan fingerprint density at radius 2 is 1.66 bits per heavy atom. The van der Waals surface area contributed by atoms with Crippen LogP contribution in [0.2, 0.25) is 0 Å². The molecule has 0 aliphatic heterocycles. The molecular weight excluding hydrogens is 360 g/mol. The van der Waals surface area contributed by atoms with Crippen molar-refractivity contribution in [1.29, 1.82) is 0 Å². The summed E-state index contributed by atoms with van der Waals surface area (Å²) >= 11 is 0. The van der Waals surface area contributed by atoms with Crippen LogP contribution in [0.5, 0.6) is 0 Å². The SMILES string of the molecule is CCN(CC)c1ccc(NC(=O)c2cncc(NC(C)c3ccccc3)c2)cc1. The first kappa shape index (κ1) is 20.4. The number of carbonyl (C=O) groups excluding carboxylic acids is 1. The Labute approximate surface area is 172 Å². The number of pyridine rings is 1. The molecule has 0 aliphatic rings. The minimum atomic E-state index is -0.177. The fraction of sp³-hybridized carbons (Fsp3) is 0.250. The molecule has 3 rings (SSSR count). The molecule has 2 aromatic carbocycles. The Morgan fingerprint density at radius 3 is 2.31 bits per heavy atom. The average molecular weight is 389 g/mol. The van der Waals surface area contributed by atoms with Gasteiger partial charge in [-0.05, 0) is 56.7 Å². The summed E-state index contributed by atoms with van der Waals surface area (Å²) in [6, 6.07) is 20.0. The molecule has 0 saturated carbocycles. The predicted octanol–water partition coefficient (Wildman–Crippen LogP) is 5.35. The van der Waals surface area contributed by atoms with Crippen molar-refractivity contribution in [2.45, 2.75) is 26.8 Å². The van der Waals surface area contributed by atoms with Gasteiger partial charge in [-0.1, -0.05) is 30.3 Å². The molecule has 0 fully saturated rings. The van der Waals surface area contributed by atoms with Crippen LogP contribution in [-0.2, 0) is 0 Å². The van der Waals surface area contributed by atoms with Gasteiger partial charge >= 0.3 is 0 Å². The lowest BCUT2D eigenvalue weighted by Crippen LogP contribution is -2.21. The van der Waals surface area contributed by atoms with E-state index in [0.29, 0.717) is 5.56 Å². The van der Waals surface area contributed by atoms with Gasteiger partial charge in [-0.25, -0.2) is 0 Å². The number of hydrogen-bond donors (Lipinski definition) is 2. The zero-order valence-corrected chi connectivity index (χ0v) is 17.2. The van der Waals surface area contributed by atoms with Crippen LogP contribution >= 0.6 is 0 Å². The van der Waals surface area contributed by atoms with Crippen LogP contribution < -0.4 is 15.5 Å². The zero-order valence-electron chi connectivity index (χ0n) is 17.2. The molecule has 0 bridgehead atoms. The second-order valence-electron chi connectivity index (χ2n) is 6.91. The fourth-order valence-corrected chi connectivity index (χ4v) is 3.27. The minimum Gasteiger partial charge on any atom is -0.377 e. The summed E-state index contributed by atoms with van der Waals surface area (Å²) < 4.78 is 0. The standard InChI is InChI=1S/C24H28N4O/c1-4-28(5-2)23-13-11-21(12-14-23)27-24(29)20-15-22(17-25-16-20)26-18(3)19-9-7-6-8-10-19/h6-18,26H,4-5H2,1-3H3,(H,27,29). The number of nitrogens with one attached hydrogen (secondary N) is 2. The Hall–Kier alpha value is -3.34. The van der Waals surface area contributed by atoms with Gasteiger partial charge in [-0.15, -0.1) is 0 Å². The first-order chi connectivity index (χ1) is 14.1. The van der Waals surface area contributed by atoms with Gasteiger partial charge in [0.05, 0.1) is 11.3 Å². The molecule has 0 saturated heterocycles. The maximum Gasteiger partial charge on any atom is 0.257 e. The van der Waals surface area contributed by atoms with Gasteiger partial charge in [0, 0.05) is 42.9 Å². The highest BCUT2D eigenvalue weighted by molar-refractivity contribution is 6.04. The fourth-order valence-electron chi connectivity index (χ4n) is 3.27. The maximum atomic E-state index is 12.7. The molecule has 5 nitrogen and oxygen atoms in total. The maximum absolute atomic E-state index is 12.7. The van der Waals surface area contributed by atoms with Crippen LogP contribution in [0, 0.1) is 0 Å². The molecule has 1 heterocycles. The number of carbonyl (C=O) groups is 1. The van der Waals surface area contributed by atoms with Crippen molar-refractivity contribution in [1.82, 2.24) is 4.98 Å². The van der Waals surface area contributed by atoms with Crippen LogP contribution in [-0.4, -0.2) is 24.0 Å². The molecule has 3 aromatic rings. The van der Waals surface area contributed by atoms with Crippen molar-refractivity contribution >= 4 is 23.0 Å². The summed E-state index contributed by atoms with van der Waals surface area (Å²) in [6.07, 6.45) is 3.31. The highest BCUT2D eigenvalue weighted by Gasteiger charge is 2.10. The van der Waals surface area contributed by atoms with Gasteiger partial charge in [0.25, 0.3) is 5.91 Å². The number of rotatable bonds is 8. The van der Waals surface area contributed by atoms with Gasteiger partial charge in [-0.2, -0.15) is 0 Å². The van der Waals surface area contributed by atoms with Crippen molar-refractivity contribution in [3.05, 3.63) is 84.2 Å². The van der Waals surface area contributed by atoms with Crippen molar-refractivity contribution in [2.24, 2.45) is 0 Å². The second kappa shape index (κ2) is 9.73. The van der Waals surface area contributed by atoms with E-state index in [-0.39, 0.29) is 11.9 Å². The zero-order chi connectivity index (χ0) is 20.6. The van der Waals surface area contributed by atoms with Gasteiger partial charge in [0.15, 0.2) is 0 Å². The van der Waals surface area contributed by atoms with Crippen molar-refractivity contribution in [2.75, 3.05) is 28.6 Å². The molecule has 29 heavy (non-hydrogen) atoms. The second-order valence-corrected chi connectivity index (χ2v) is 6.91. The van der Waals surface area contributed by atoms with Gasteiger partial charge in [0.1, 0.15) is 0 Å². The molecular formula is C24H28N4O.